The van der Waals surface area contributed by atoms with Crippen LogP contribution in [0.1, 0.15) is 56.9 Å². The molecule has 1 aliphatic heterocycles. The monoisotopic (exact) mass is 360 g/mol. The van der Waals surface area contributed by atoms with Crippen molar-refractivity contribution in [2.24, 2.45) is 5.73 Å². The third-order valence-electron chi connectivity index (χ3n) is 5.98. The van der Waals surface area contributed by atoms with E-state index in [1.165, 1.54) is 5.56 Å². The first-order chi connectivity index (χ1) is 12.6. The van der Waals surface area contributed by atoms with Gasteiger partial charge in [-0.15, -0.1) is 0 Å². The molecular weight excluding hydrogens is 328 g/mol. The fourth-order valence-corrected chi connectivity index (χ4v) is 4.38. The highest BCUT2D eigenvalue weighted by Crippen LogP contribution is 2.35. The number of hydrogen-bond donors (Lipinski definition) is 1. The number of nitrogens with zero attached hydrogens (tertiary/aromatic N) is 1. The number of carbonyl (C=O) groups is 1. The molecule has 0 bridgehead atoms. The lowest BCUT2D eigenvalue weighted by Gasteiger charge is -2.40. The average molecular weight is 360 g/mol. The van der Waals surface area contributed by atoms with Crippen LogP contribution in [0.5, 0.6) is 5.75 Å². The molecule has 2 fully saturated rings. The second kappa shape index (κ2) is 8.87. The van der Waals surface area contributed by atoms with Crippen molar-refractivity contribution in [1.29, 1.82) is 0 Å². The Balaban J connectivity index is 1.50. The molecule has 5 nitrogen and oxygen atoms in total. The van der Waals surface area contributed by atoms with Crippen LogP contribution >= 0.6 is 0 Å². The Labute approximate surface area is 156 Å². The van der Waals surface area contributed by atoms with E-state index in [4.69, 9.17) is 15.2 Å². The molecule has 1 saturated carbocycles. The highest BCUT2D eigenvalue weighted by molar-refractivity contribution is 5.73. The predicted octanol–water partition coefficient (Wildman–Crippen LogP) is 3.08. The molecule has 0 spiro atoms. The molecule has 0 radical (unpaired) electrons. The van der Waals surface area contributed by atoms with Gasteiger partial charge in [0.25, 0.3) is 0 Å². The van der Waals surface area contributed by atoms with Crippen LogP contribution in [0.3, 0.4) is 0 Å². The van der Waals surface area contributed by atoms with E-state index in [1.54, 1.807) is 14.0 Å². The van der Waals surface area contributed by atoms with E-state index in [1.807, 2.05) is 11.0 Å². The van der Waals surface area contributed by atoms with Gasteiger partial charge >= 0.3 is 0 Å². The Morgan fingerprint density at radius 2 is 2.00 bits per heavy atom. The summed E-state index contributed by atoms with van der Waals surface area (Å²) in [5.74, 6) is 1.61. The van der Waals surface area contributed by atoms with E-state index in [0.717, 1.165) is 50.8 Å². The maximum Gasteiger partial charge on any atom is 0.219 e. The van der Waals surface area contributed by atoms with E-state index < -0.39 is 0 Å². The minimum atomic E-state index is 0.0253. The Morgan fingerprint density at radius 3 is 2.69 bits per heavy atom. The summed E-state index contributed by atoms with van der Waals surface area (Å²) in [7, 11) is 1.71. The van der Waals surface area contributed by atoms with Crippen molar-refractivity contribution in [1.82, 2.24) is 4.90 Å². The molecule has 1 aromatic carbocycles. The fourth-order valence-electron chi connectivity index (χ4n) is 4.38. The summed E-state index contributed by atoms with van der Waals surface area (Å²) in [6.45, 7) is 3.00. The lowest BCUT2D eigenvalue weighted by atomic mass is 9.82. The van der Waals surface area contributed by atoms with Gasteiger partial charge in [-0.25, -0.2) is 0 Å². The van der Waals surface area contributed by atoms with Crippen LogP contribution in [0, 0.1) is 0 Å². The highest BCUT2D eigenvalue weighted by Gasteiger charge is 2.32. The molecule has 144 valence electrons. The summed E-state index contributed by atoms with van der Waals surface area (Å²) in [5, 5.41) is 0. The van der Waals surface area contributed by atoms with Gasteiger partial charge in [-0.05, 0) is 62.1 Å². The minimum Gasteiger partial charge on any atom is -0.497 e. The number of nitrogens with two attached hydrogens (primary N) is 1. The van der Waals surface area contributed by atoms with Crippen molar-refractivity contribution in [3.05, 3.63) is 29.8 Å². The standard InChI is InChI=1S/C21H32N2O3/c1-15(24)23-12-4-7-20(22)21(23)14-26-18-10-8-16(9-11-18)17-5-3-6-19(13-17)25-2/h3,5-6,13,16,18,20-21H,4,7-12,14,22H2,1-2H3/t16-,18+,20-,21-/m0/s1. The predicted molar refractivity (Wildman–Crippen MR) is 102 cm³/mol. The second-order valence-corrected chi connectivity index (χ2v) is 7.67. The van der Waals surface area contributed by atoms with Crippen molar-refractivity contribution in [2.75, 3.05) is 20.3 Å². The number of carbonyl (C=O) groups excluding carboxylic acids is 1. The summed E-state index contributed by atoms with van der Waals surface area (Å²) in [6, 6.07) is 8.46. The molecule has 5 heteroatoms. The van der Waals surface area contributed by atoms with Gasteiger partial charge in [0.15, 0.2) is 0 Å². The third-order valence-corrected chi connectivity index (χ3v) is 5.98. The molecule has 2 aliphatic rings. The second-order valence-electron chi connectivity index (χ2n) is 7.67. The summed E-state index contributed by atoms with van der Waals surface area (Å²) in [5.41, 5.74) is 7.62. The van der Waals surface area contributed by atoms with Crippen LogP contribution in [0.15, 0.2) is 24.3 Å². The third kappa shape index (κ3) is 4.57. The van der Waals surface area contributed by atoms with E-state index >= 15 is 0 Å². The van der Waals surface area contributed by atoms with Gasteiger partial charge < -0.3 is 20.1 Å². The number of methoxy groups -OCH3 is 1. The zero-order valence-electron chi connectivity index (χ0n) is 16.0. The molecule has 0 unspecified atom stereocenters. The van der Waals surface area contributed by atoms with Gasteiger partial charge in [-0.1, -0.05) is 12.1 Å². The number of likely N-dealkylation sites (tertiary alicyclic amines) is 1. The average Bonchev–Trinajstić information content (AvgIpc) is 2.67. The lowest BCUT2D eigenvalue weighted by Crippen LogP contribution is -2.56. The molecule has 2 atom stereocenters. The van der Waals surface area contributed by atoms with E-state index in [-0.39, 0.29) is 24.1 Å². The Kier molecular flexibility index (Phi) is 6.54. The molecule has 1 heterocycles. The van der Waals surface area contributed by atoms with Gasteiger partial charge in [0.05, 0.1) is 25.9 Å². The Bertz CT molecular complexity index is 599. The molecule has 1 aliphatic carbocycles. The molecule has 1 saturated heterocycles. The maximum atomic E-state index is 11.9. The number of rotatable bonds is 5. The van der Waals surface area contributed by atoms with Crippen LogP contribution in [0.4, 0.5) is 0 Å². The van der Waals surface area contributed by atoms with E-state index in [9.17, 15) is 4.79 Å². The van der Waals surface area contributed by atoms with Crippen molar-refractivity contribution >= 4 is 5.91 Å². The molecular formula is C21H32N2O3. The Hall–Kier alpha value is -1.59. The van der Waals surface area contributed by atoms with Gasteiger partial charge in [-0.2, -0.15) is 0 Å². The molecule has 3 rings (SSSR count). The summed E-state index contributed by atoms with van der Waals surface area (Å²) >= 11 is 0. The first-order valence-electron chi connectivity index (χ1n) is 9.87. The van der Waals surface area contributed by atoms with Crippen LogP contribution < -0.4 is 10.5 Å². The van der Waals surface area contributed by atoms with E-state index in [0.29, 0.717) is 12.5 Å². The van der Waals surface area contributed by atoms with Gasteiger partial charge in [0, 0.05) is 19.5 Å². The molecule has 1 aromatic rings. The normalized spacial score (nSPS) is 29.4. The van der Waals surface area contributed by atoms with Crippen molar-refractivity contribution in [3.63, 3.8) is 0 Å². The Morgan fingerprint density at radius 1 is 1.23 bits per heavy atom. The van der Waals surface area contributed by atoms with Crippen molar-refractivity contribution < 1.29 is 14.3 Å². The summed E-state index contributed by atoms with van der Waals surface area (Å²) < 4.78 is 11.5. The lowest BCUT2D eigenvalue weighted by molar-refractivity contribution is -0.135. The number of ether oxygens (including phenoxy) is 2. The SMILES string of the molecule is COc1cccc([C@H]2CC[C@@H](OC[C@H]3[C@@H](N)CCCN3C(C)=O)CC2)c1. The molecule has 26 heavy (non-hydrogen) atoms. The quantitative estimate of drug-likeness (QED) is 0.876. The zero-order chi connectivity index (χ0) is 18.5. The molecule has 1 amide bonds. The first-order valence-corrected chi connectivity index (χ1v) is 9.87. The number of hydrogen-bond acceptors (Lipinski definition) is 4. The molecule has 2 N–H and O–H groups in total. The number of benzene rings is 1. The fraction of sp³-hybridized carbons (Fsp3) is 0.667. The topological polar surface area (TPSA) is 64.8 Å². The van der Waals surface area contributed by atoms with Crippen LogP contribution in [0.25, 0.3) is 0 Å². The maximum absolute atomic E-state index is 11.9. The number of piperidine rings is 1. The number of amides is 1. The summed E-state index contributed by atoms with van der Waals surface area (Å²) in [4.78, 5) is 13.8. The van der Waals surface area contributed by atoms with Crippen LogP contribution in [-0.2, 0) is 9.53 Å². The van der Waals surface area contributed by atoms with Gasteiger partial charge in [0.1, 0.15) is 5.75 Å². The van der Waals surface area contributed by atoms with E-state index in [2.05, 4.69) is 18.2 Å². The largest absolute Gasteiger partial charge is 0.497 e. The first kappa shape index (κ1) is 19.2. The smallest absolute Gasteiger partial charge is 0.219 e. The van der Waals surface area contributed by atoms with Crippen LogP contribution in [0.2, 0.25) is 0 Å². The van der Waals surface area contributed by atoms with Crippen molar-refractivity contribution in [2.45, 2.75) is 69.6 Å². The minimum absolute atomic E-state index is 0.0253. The summed E-state index contributed by atoms with van der Waals surface area (Å²) in [6.07, 6.45) is 6.62. The zero-order valence-corrected chi connectivity index (χ0v) is 16.0. The highest BCUT2D eigenvalue weighted by atomic mass is 16.5. The van der Waals surface area contributed by atoms with Gasteiger partial charge in [-0.3, -0.25) is 4.79 Å². The van der Waals surface area contributed by atoms with Crippen molar-refractivity contribution in [3.8, 4) is 5.75 Å². The van der Waals surface area contributed by atoms with Crippen LogP contribution in [-0.4, -0.2) is 49.3 Å². The molecule has 0 aromatic heterocycles. The van der Waals surface area contributed by atoms with Gasteiger partial charge in [0.2, 0.25) is 5.91 Å².